The van der Waals surface area contributed by atoms with Gasteiger partial charge in [0.05, 0.1) is 0 Å². The highest BCUT2D eigenvalue weighted by molar-refractivity contribution is 7.19. The van der Waals surface area contributed by atoms with Crippen molar-refractivity contribution < 1.29 is 4.79 Å². The maximum absolute atomic E-state index is 13.1. The number of aromatic nitrogens is 2. The molecule has 0 N–H and O–H groups in total. The maximum atomic E-state index is 13.1. The van der Waals surface area contributed by atoms with E-state index in [0.717, 1.165) is 20.9 Å². The summed E-state index contributed by atoms with van der Waals surface area (Å²) in [5.74, 6) is 0.0315. The van der Waals surface area contributed by atoms with Crippen molar-refractivity contribution in [1.29, 1.82) is 0 Å². The number of ketones is 1. The zero-order chi connectivity index (χ0) is 17.1. The predicted octanol–water partition coefficient (Wildman–Crippen LogP) is 5.10. The van der Waals surface area contributed by atoms with Crippen molar-refractivity contribution in [2.45, 2.75) is 0 Å². The predicted molar refractivity (Wildman–Crippen MR) is 101 cm³/mol. The Morgan fingerprint density at radius 1 is 0.760 bits per heavy atom. The zero-order valence-corrected chi connectivity index (χ0v) is 14.1. The smallest absolute Gasteiger partial charge is 0.194 e. The number of nitrogens with zero attached hydrogens (tertiary/aromatic N) is 2. The second-order valence-electron chi connectivity index (χ2n) is 5.52. The number of hydrogen-bond acceptors (Lipinski definition) is 4. The maximum Gasteiger partial charge on any atom is 0.194 e. The van der Waals surface area contributed by atoms with E-state index in [4.69, 9.17) is 0 Å². The van der Waals surface area contributed by atoms with Gasteiger partial charge in [0.25, 0.3) is 0 Å². The third-order valence-corrected chi connectivity index (χ3v) is 5.15. The van der Waals surface area contributed by atoms with Crippen LogP contribution in [0.25, 0.3) is 20.9 Å². The lowest BCUT2D eigenvalue weighted by Crippen LogP contribution is -2.00. The van der Waals surface area contributed by atoms with Gasteiger partial charge in [0, 0.05) is 45.7 Å². The number of carbonyl (C=O) groups excluding carboxylic acids is 1. The molecule has 0 unspecified atom stereocenters. The van der Waals surface area contributed by atoms with Crippen LogP contribution >= 0.6 is 11.3 Å². The molecule has 0 bridgehead atoms. The van der Waals surface area contributed by atoms with E-state index < -0.39 is 0 Å². The zero-order valence-electron chi connectivity index (χ0n) is 13.3. The average molecular weight is 342 g/mol. The highest BCUT2D eigenvalue weighted by Gasteiger charge is 2.19. The molecule has 4 aromatic rings. The van der Waals surface area contributed by atoms with Gasteiger partial charge in [0.15, 0.2) is 5.78 Å². The van der Waals surface area contributed by atoms with E-state index >= 15 is 0 Å². The Balaban J connectivity index is 1.87. The molecule has 25 heavy (non-hydrogen) atoms. The second-order valence-corrected chi connectivity index (χ2v) is 6.57. The lowest BCUT2D eigenvalue weighted by molar-refractivity contribution is 0.103. The highest BCUT2D eigenvalue weighted by Crippen LogP contribution is 2.38. The lowest BCUT2D eigenvalue weighted by atomic mass is 10.0. The summed E-state index contributed by atoms with van der Waals surface area (Å²) in [5.41, 5.74) is 3.47. The molecule has 4 heteroatoms. The molecule has 3 heterocycles. The van der Waals surface area contributed by atoms with Gasteiger partial charge in [-0.2, -0.15) is 0 Å². The standard InChI is InChI=1S/C21H14N2OS/c24-20(16-4-2-1-3-5-16)18-14-19(15-6-10-22-11-7-15)25-21(18)17-8-12-23-13-9-17/h1-14H. The van der Waals surface area contributed by atoms with Crippen LogP contribution in [-0.4, -0.2) is 15.8 Å². The molecule has 0 spiro atoms. The van der Waals surface area contributed by atoms with Gasteiger partial charge < -0.3 is 0 Å². The van der Waals surface area contributed by atoms with Crippen molar-refractivity contribution in [3.8, 4) is 20.9 Å². The number of carbonyl (C=O) groups is 1. The normalized spacial score (nSPS) is 10.6. The van der Waals surface area contributed by atoms with Crippen LogP contribution in [-0.2, 0) is 0 Å². The Bertz CT molecular complexity index is 996. The Kier molecular flexibility index (Phi) is 4.19. The first kappa shape index (κ1) is 15.4. The van der Waals surface area contributed by atoms with Crippen molar-refractivity contribution in [2.75, 3.05) is 0 Å². The van der Waals surface area contributed by atoms with E-state index in [1.54, 1.807) is 36.1 Å². The summed E-state index contributed by atoms with van der Waals surface area (Å²) in [4.78, 5) is 23.2. The SMILES string of the molecule is O=C(c1ccccc1)c1cc(-c2ccncc2)sc1-c1ccncc1. The Morgan fingerprint density at radius 3 is 2.00 bits per heavy atom. The molecule has 120 valence electrons. The fourth-order valence-electron chi connectivity index (χ4n) is 2.68. The molecule has 0 saturated heterocycles. The van der Waals surface area contributed by atoms with Crippen molar-refractivity contribution in [3.05, 3.63) is 96.6 Å². The third-order valence-electron chi connectivity index (χ3n) is 3.92. The minimum atomic E-state index is 0.0315. The lowest BCUT2D eigenvalue weighted by Gasteiger charge is -2.03. The van der Waals surface area contributed by atoms with Crippen molar-refractivity contribution in [1.82, 2.24) is 9.97 Å². The number of pyridine rings is 2. The Morgan fingerprint density at radius 2 is 1.36 bits per heavy atom. The second kappa shape index (κ2) is 6.79. The molecule has 0 saturated carbocycles. The molecule has 3 aromatic heterocycles. The number of hydrogen-bond donors (Lipinski definition) is 0. The fraction of sp³-hybridized carbons (Fsp3) is 0. The number of benzene rings is 1. The highest BCUT2D eigenvalue weighted by atomic mass is 32.1. The van der Waals surface area contributed by atoms with E-state index in [9.17, 15) is 4.79 Å². The fourth-order valence-corrected chi connectivity index (χ4v) is 3.85. The van der Waals surface area contributed by atoms with Gasteiger partial charge in [-0.15, -0.1) is 11.3 Å². The molecule has 3 nitrogen and oxygen atoms in total. The van der Waals surface area contributed by atoms with E-state index in [0.29, 0.717) is 11.1 Å². The largest absolute Gasteiger partial charge is 0.289 e. The Labute approximate surface area is 149 Å². The first-order valence-corrected chi connectivity index (χ1v) is 8.69. The molecule has 0 aliphatic heterocycles. The molecule has 0 atom stereocenters. The third kappa shape index (κ3) is 3.12. The monoisotopic (exact) mass is 342 g/mol. The van der Waals surface area contributed by atoms with Crippen LogP contribution < -0.4 is 0 Å². The molecule has 1 aromatic carbocycles. The van der Waals surface area contributed by atoms with Crippen molar-refractivity contribution in [2.24, 2.45) is 0 Å². The van der Waals surface area contributed by atoms with Crippen LogP contribution in [0.15, 0.2) is 85.5 Å². The minimum absolute atomic E-state index is 0.0315. The number of rotatable bonds is 4. The summed E-state index contributed by atoms with van der Waals surface area (Å²) >= 11 is 1.61. The molecule has 0 fully saturated rings. The van der Waals surface area contributed by atoms with Gasteiger partial charge in [-0.1, -0.05) is 30.3 Å². The van der Waals surface area contributed by atoms with Crippen LogP contribution in [0.4, 0.5) is 0 Å². The van der Waals surface area contributed by atoms with Gasteiger partial charge in [0.1, 0.15) is 0 Å². The molecule has 4 rings (SSSR count). The Hall–Kier alpha value is -3.11. The number of thiophene rings is 1. The van der Waals surface area contributed by atoms with E-state index in [-0.39, 0.29) is 5.78 Å². The van der Waals surface area contributed by atoms with E-state index in [2.05, 4.69) is 9.97 Å². The first-order valence-electron chi connectivity index (χ1n) is 7.87. The van der Waals surface area contributed by atoms with Gasteiger partial charge in [-0.05, 0) is 41.5 Å². The van der Waals surface area contributed by atoms with Crippen molar-refractivity contribution in [3.63, 3.8) is 0 Å². The van der Waals surface area contributed by atoms with E-state index in [1.807, 2.05) is 60.7 Å². The first-order chi connectivity index (χ1) is 12.3. The average Bonchev–Trinajstić information content (AvgIpc) is 3.15. The molecule has 0 aliphatic carbocycles. The molecular formula is C21H14N2OS. The topological polar surface area (TPSA) is 42.9 Å². The summed E-state index contributed by atoms with van der Waals surface area (Å²) in [7, 11) is 0. The van der Waals surface area contributed by atoms with Crippen LogP contribution in [0.2, 0.25) is 0 Å². The van der Waals surface area contributed by atoms with Crippen molar-refractivity contribution >= 4 is 17.1 Å². The summed E-state index contributed by atoms with van der Waals surface area (Å²) in [6, 6.07) is 19.1. The van der Waals surface area contributed by atoms with Crippen LogP contribution in [0.5, 0.6) is 0 Å². The van der Waals surface area contributed by atoms with Crippen LogP contribution in [0.3, 0.4) is 0 Å². The molecule has 0 radical (unpaired) electrons. The van der Waals surface area contributed by atoms with Crippen LogP contribution in [0, 0.1) is 0 Å². The summed E-state index contributed by atoms with van der Waals surface area (Å²) in [6.45, 7) is 0. The summed E-state index contributed by atoms with van der Waals surface area (Å²) in [6.07, 6.45) is 7.02. The van der Waals surface area contributed by atoms with Crippen LogP contribution in [0.1, 0.15) is 15.9 Å². The van der Waals surface area contributed by atoms with E-state index in [1.165, 1.54) is 0 Å². The van der Waals surface area contributed by atoms with Gasteiger partial charge in [-0.25, -0.2) is 0 Å². The summed E-state index contributed by atoms with van der Waals surface area (Å²) < 4.78 is 0. The summed E-state index contributed by atoms with van der Waals surface area (Å²) in [5, 5.41) is 0. The minimum Gasteiger partial charge on any atom is -0.289 e. The van der Waals surface area contributed by atoms with Gasteiger partial charge in [0.2, 0.25) is 0 Å². The molecule has 0 amide bonds. The van der Waals surface area contributed by atoms with Gasteiger partial charge in [-0.3, -0.25) is 14.8 Å². The van der Waals surface area contributed by atoms with Gasteiger partial charge >= 0.3 is 0 Å². The molecular weight excluding hydrogens is 328 g/mol. The quantitative estimate of drug-likeness (QED) is 0.484. The molecule has 0 aliphatic rings.